The van der Waals surface area contributed by atoms with Crippen molar-refractivity contribution in [1.29, 1.82) is 0 Å². The maximum absolute atomic E-state index is 12.4. The Bertz CT molecular complexity index is 552. The quantitative estimate of drug-likeness (QED) is 0.931. The molecule has 2 aliphatic rings. The number of carbonyl (C=O) groups is 2. The molecular formula is C17H22N2O2S. The van der Waals surface area contributed by atoms with E-state index in [9.17, 15) is 9.59 Å². The second kappa shape index (κ2) is 6.73. The lowest BCUT2D eigenvalue weighted by atomic mass is 9.89. The van der Waals surface area contributed by atoms with Crippen molar-refractivity contribution in [1.82, 2.24) is 10.4 Å². The molecule has 1 saturated heterocycles. The van der Waals surface area contributed by atoms with Gasteiger partial charge in [0.2, 0.25) is 5.91 Å². The topological polar surface area (TPSA) is 49.4 Å². The monoisotopic (exact) mass is 318 g/mol. The molecule has 5 heteroatoms. The summed E-state index contributed by atoms with van der Waals surface area (Å²) in [5.41, 5.74) is 5.14. The number of hydrogen-bond acceptors (Lipinski definition) is 3. The Morgan fingerprint density at radius 2 is 1.86 bits per heavy atom. The number of aryl methyl sites for hydroxylation is 1. The molecule has 1 aromatic rings. The van der Waals surface area contributed by atoms with Gasteiger partial charge in [-0.2, -0.15) is 0 Å². The molecule has 1 heterocycles. The fourth-order valence-electron chi connectivity index (χ4n) is 3.10. The highest BCUT2D eigenvalue weighted by Gasteiger charge is 2.35. The molecule has 4 nitrogen and oxygen atoms in total. The molecule has 0 aromatic heterocycles. The van der Waals surface area contributed by atoms with E-state index in [0.29, 0.717) is 5.75 Å². The van der Waals surface area contributed by atoms with Crippen LogP contribution in [0.5, 0.6) is 0 Å². The Hall–Kier alpha value is -1.49. The molecule has 0 bridgehead atoms. The van der Waals surface area contributed by atoms with Gasteiger partial charge in [-0.25, -0.2) is 5.01 Å². The van der Waals surface area contributed by atoms with Gasteiger partial charge in [-0.1, -0.05) is 49.1 Å². The van der Waals surface area contributed by atoms with Crippen LogP contribution in [0.2, 0.25) is 0 Å². The Morgan fingerprint density at radius 3 is 2.55 bits per heavy atom. The van der Waals surface area contributed by atoms with Gasteiger partial charge in [-0.05, 0) is 25.3 Å². The molecule has 0 spiro atoms. The zero-order valence-corrected chi connectivity index (χ0v) is 13.7. The molecule has 1 atom stereocenters. The first-order valence-corrected chi connectivity index (χ1v) is 9.01. The molecule has 1 N–H and O–H groups in total. The van der Waals surface area contributed by atoms with Gasteiger partial charge in [-0.15, -0.1) is 11.8 Å². The maximum Gasteiger partial charge on any atom is 0.252 e. The summed E-state index contributed by atoms with van der Waals surface area (Å²) < 4.78 is 0. The first kappa shape index (κ1) is 15.4. The molecule has 1 saturated carbocycles. The molecule has 118 valence electrons. The number of carbonyl (C=O) groups excluding carboxylic acids is 2. The van der Waals surface area contributed by atoms with Crippen molar-refractivity contribution in [2.75, 3.05) is 5.75 Å². The lowest BCUT2D eigenvalue weighted by Crippen LogP contribution is -2.47. The van der Waals surface area contributed by atoms with Gasteiger partial charge in [0.05, 0.1) is 5.75 Å². The molecule has 2 fully saturated rings. The molecule has 3 rings (SSSR count). The largest absolute Gasteiger partial charge is 0.273 e. The van der Waals surface area contributed by atoms with Crippen LogP contribution in [0.4, 0.5) is 0 Å². The Labute approximate surface area is 135 Å². The van der Waals surface area contributed by atoms with Crippen molar-refractivity contribution in [3.63, 3.8) is 0 Å². The number of amides is 2. The zero-order chi connectivity index (χ0) is 15.5. The highest BCUT2D eigenvalue weighted by molar-refractivity contribution is 8.00. The van der Waals surface area contributed by atoms with Gasteiger partial charge >= 0.3 is 0 Å². The summed E-state index contributed by atoms with van der Waals surface area (Å²) in [5.74, 6) is 0.474. The van der Waals surface area contributed by atoms with Crippen LogP contribution < -0.4 is 5.43 Å². The van der Waals surface area contributed by atoms with Gasteiger partial charge in [0.25, 0.3) is 5.91 Å². The van der Waals surface area contributed by atoms with E-state index >= 15 is 0 Å². The minimum Gasteiger partial charge on any atom is -0.273 e. The normalized spacial score (nSPS) is 22.9. The third kappa shape index (κ3) is 3.29. The van der Waals surface area contributed by atoms with E-state index in [0.717, 1.165) is 31.2 Å². The van der Waals surface area contributed by atoms with Crippen LogP contribution in [0, 0.1) is 12.8 Å². The van der Waals surface area contributed by atoms with Crippen LogP contribution in [-0.2, 0) is 9.59 Å². The lowest BCUT2D eigenvalue weighted by molar-refractivity contribution is -0.141. The summed E-state index contributed by atoms with van der Waals surface area (Å²) in [7, 11) is 0. The van der Waals surface area contributed by atoms with Crippen molar-refractivity contribution < 1.29 is 9.59 Å². The first-order valence-electron chi connectivity index (χ1n) is 7.96. The van der Waals surface area contributed by atoms with Crippen molar-refractivity contribution >= 4 is 23.6 Å². The Kier molecular flexibility index (Phi) is 4.71. The van der Waals surface area contributed by atoms with Gasteiger partial charge < -0.3 is 0 Å². The van der Waals surface area contributed by atoms with Crippen LogP contribution in [0.3, 0.4) is 0 Å². The minimum atomic E-state index is -0.111. The SMILES string of the molecule is Cc1ccc(C2SCC(=O)N2NC(=O)C2CCCCC2)cc1. The van der Waals surface area contributed by atoms with Crippen molar-refractivity contribution in [3.8, 4) is 0 Å². The standard InChI is InChI=1S/C17H22N2O2S/c1-12-7-9-14(10-8-12)17-19(15(20)11-22-17)18-16(21)13-5-3-2-4-6-13/h7-10,13,17H,2-6,11H2,1H3,(H,18,21). The Balaban J connectivity index is 1.70. The molecule has 1 aliphatic heterocycles. The van der Waals surface area contributed by atoms with Crippen molar-refractivity contribution in [2.45, 2.75) is 44.4 Å². The molecular weight excluding hydrogens is 296 g/mol. The van der Waals surface area contributed by atoms with E-state index in [4.69, 9.17) is 0 Å². The summed E-state index contributed by atoms with van der Waals surface area (Å²) in [5, 5.41) is 1.42. The van der Waals surface area contributed by atoms with Crippen LogP contribution >= 0.6 is 11.8 Å². The molecule has 22 heavy (non-hydrogen) atoms. The second-order valence-corrected chi connectivity index (χ2v) is 7.22. The van der Waals surface area contributed by atoms with E-state index in [1.807, 2.05) is 31.2 Å². The van der Waals surface area contributed by atoms with Gasteiger partial charge in [-0.3, -0.25) is 15.0 Å². The van der Waals surface area contributed by atoms with Crippen LogP contribution in [0.15, 0.2) is 24.3 Å². The van der Waals surface area contributed by atoms with E-state index in [1.54, 1.807) is 11.8 Å². The highest BCUT2D eigenvalue weighted by Crippen LogP contribution is 2.37. The average molecular weight is 318 g/mol. The third-order valence-corrected chi connectivity index (χ3v) is 5.65. The number of nitrogens with zero attached hydrogens (tertiary/aromatic N) is 1. The fraction of sp³-hybridized carbons (Fsp3) is 0.529. The van der Waals surface area contributed by atoms with Gasteiger partial charge in [0.15, 0.2) is 0 Å². The van der Waals surface area contributed by atoms with Crippen molar-refractivity contribution in [2.24, 2.45) is 5.92 Å². The number of benzene rings is 1. The number of nitrogens with one attached hydrogen (secondary N) is 1. The predicted octanol–water partition coefficient (Wildman–Crippen LogP) is 3.18. The van der Waals surface area contributed by atoms with E-state index in [2.05, 4.69) is 5.43 Å². The Morgan fingerprint density at radius 1 is 1.18 bits per heavy atom. The zero-order valence-electron chi connectivity index (χ0n) is 12.9. The smallest absolute Gasteiger partial charge is 0.252 e. The van der Waals surface area contributed by atoms with Gasteiger partial charge in [0, 0.05) is 5.92 Å². The summed E-state index contributed by atoms with van der Waals surface area (Å²) in [6, 6.07) is 8.15. The highest BCUT2D eigenvalue weighted by atomic mass is 32.2. The van der Waals surface area contributed by atoms with E-state index in [1.165, 1.54) is 17.0 Å². The third-order valence-electron chi connectivity index (χ3n) is 4.44. The van der Waals surface area contributed by atoms with Crippen LogP contribution in [-0.4, -0.2) is 22.6 Å². The number of rotatable bonds is 3. The minimum absolute atomic E-state index is 0.00709. The lowest BCUT2D eigenvalue weighted by Gasteiger charge is -2.28. The molecule has 1 aliphatic carbocycles. The fourth-order valence-corrected chi connectivity index (χ4v) is 4.21. The summed E-state index contributed by atoms with van der Waals surface area (Å²) in [6.07, 6.45) is 5.32. The summed E-state index contributed by atoms with van der Waals surface area (Å²) >= 11 is 1.57. The number of hydrogen-bond donors (Lipinski definition) is 1. The molecule has 2 amide bonds. The second-order valence-electron chi connectivity index (χ2n) is 6.15. The summed E-state index contributed by atoms with van der Waals surface area (Å²) in [4.78, 5) is 24.5. The molecule has 0 radical (unpaired) electrons. The summed E-state index contributed by atoms with van der Waals surface area (Å²) in [6.45, 7) is 2.04. The first-order chi connectivity index (χ1) is 10.6. The number of thioether (sulfide) groups is 1. The van der Waals surface area contributed by atoms with Crippen LogP contribution in [0.25, 0.3) is 0 Å². The average Bonchev–Trinajstić information content (AvgIpc) is 2.90. The maximum atomic E-state index is 12.4. The van der Waals surface area contributed by atoms with E-state index < -0.39 is 0 Å². The molecule has 1 unspecified atom stereocenters. The number of hydrazine groups is 1. The van der Waals surface area contributed by atoms with Crippen LogP contribution in [0.1, 0.15) is 48.6 Å². The van der Waals surface area contributed by atoms with E-state index in [-0.39, 0.29) is 23.1 Å². The predicted molar refractivity (Wildman–Crippen MR) is 87.9 cm³/mol. The van der Waals surface area contributed by atoms with Gasteiger partial charge in [0.1, 0.15) is 5.37 Å². The molecule has 1 aromatic carbocycles. The van der Waals surface area contributed by atoms with Crippen molar-refractivity contribution in [3.05, 3.63) is 35.4 Å².